The second-order valence-electron chi connectivity index (χ2n) is 7.13. The first kappa shape index (κ1) is 14.9. The number of ether oxygens (including phenoxy) is 3. The Morgan fingerprint density at radius 1 is 1.04 bits per heavy atom. The van der Waals surface area contributed by atoms with Gasteiger partial charge < -0.3 is 29.2 Å². The predicted octanol–water partition coefficient (Wildman–Crippen LogP) is 2.97. The van der Waals surface area contributed by atoms with E-state index >= 15 is 0 Å². The van der Waals surface area contributed by atoms with Crippen molar-refractivity contribution >= 4 is 0 Å². The third-order valence-corrected chi connectivity index (χ3v) is 5.86. The molecule has 0 saturated carbocycles. The molecule has 3 heterocycles. The molecule has 1 N–H and O–H groups in total. The summed E-state index contributed by atoms with van der Waals surface area (Å²) in [7, 11) is 3.26. The summed E-state index contributed by atoms with van der Waals surface area (Å²) in [4.78, 5) is 0. The molecule has 0 fully saturated rings. The van der Waals surface area contributed by atoms with Crippen LogP contribution in [0.4, 0.5) is 0 Å². The maximum Gasteiger partial charge on any atom is 0.231 e. The van der Waals surface area contributed by atoms with Crippen LogP contribution in [0.5, 0.6) is 23.0 Å². The number of benzene rings is 2. The number of hydrogen-bond acceptors (Lipinski definition) is 5. The van der Waals surface area contributed by atoms with Crippen molar-refractivity contribution in [2.75, 3.05) is 21.0 Å². The van der Waals surface area contributed by atoms with Gasteiger partial charge in [-0.2, -0.15) is 0 Å². The SMILES string of the molecule is COc1cc2c(cc1O)C[C@H]1c3cc4c(cc3C[C@@H]2[N+]1(C)[O-])OCO4. The summed E-state index contributed by atoms with van der Waals surface area (Å²) in [6.07, 6.45) is 1.21. The smallest absolute Gasteiger partial charge is 0.231 e. The molecular weight excluding hydrogens is 322 g/mol. The lowest BCUT2D eigenvalue weighted by atomic mass is 9.76. The van der Waals surface area contributed by atoms with E-state index in [4.69, 9.17) is 14.2 Å². The van der Waals surface area contributed by atoms with Crippen molar-refractivity contribution in [2.45, 2.75) is 24.9 Å². The Labute approximate surface area is 145 Å². The first-order chi connectivity index (χ1) is 12.0. The van der Waals surface area contributed by atoms with E-state index in [1.165, 1.54) is 7.11 Å². The third-order valence-electron chi connectivity index (χ3n) is 5.86. The Hall–Kier alpha value is -2.44. The van der Waals surface area contributed by atoms with Gasteiger partial charge in [-0.1, -0.05) is 0 Å². The lowest BCUT2D eigenvalue weighted by Crippen LogP contribution is -2.52. The highest BCUT2D eigenvalue weighted by Crippen LogP contribution is 2.54. The van der Waals surface area contributed by atoms with Crippen molar-refractivity contribution in [1.82, 2.24) is 0 Å². The Bertz CT molecular complexity index is 892. The fourth-order valence-electron chi connectivity index (χ4n) is 4.53. The van der Waals surface area contributed by atoms with Crippen LogP contribution in [0.2, 0.25) is 0 Å². The van der Waals surface area contributed by atoms with Crippen molar-refractivity contribution < 1.29 is 24.0 Å². The first-order valence-electron chi connectivity index (χ1n) is 8.38. The molecule has 5 rings (SSSR count). The Morgan fingerprint density at radius 3 is 2.32 bits per heavy atom. The molecule has 2 aromatic rings. The number of likely N-dealkylation sites (N-methyl/N-ethyl adjacent to an activating group) is 1. The van der Waals surface area contributed by atoms with Crippen LogP contribution in [0.3, 0.4) is 0 Å². The second-order valence-corrected chi connectivity index (χ2v) is 7.13. The molecule has 3 atom stereocenters. The number of hydroxylamine groups is 3. The first-order valence-corrected chi connectivity index (χ1v) is 8.38. The molecule has 2 aromatic carbocycles. The topological polar surface area (TPSA) is 71.0 Å². The van der Waals surface area contributed by atoms with Crippen LogP contribution in [-0.4, -0.2) is 30.7 Å². The molecule has 0 spiro atoms. The minimum Gasteiger partial charge on any atom is -0.632 e. The van der Waals surface area contributed by atoms with Gasteiger partial charge in [0.1, 0.15) is 12.1 Å². The predicted molar refractivity (Wildman–Crippen MR) is 89.7 cm³/mol. The molecule has 0 amide bonds. The lowest BCUT2D eigenvalue weighted by molar-refractivity contribution is -0.927. The fraction of sp³-hybridized carbons (Fsp3) is 0.368. The number of phenols is 1. The van der Waals surface area contributed by atoms with Crippen LogP contribution < -0.4 is 14.2 Å². The maximum atomic E-state index is 13.5. The van der Waals surface area contributed by atoms with E-state index in [-0.39, 0.29) is 29.3 Å². The summed E-state index contributed by atoms with van der Waals surface area (Å²) >= 11 is 0. The normalized spacial score (nSPS) is 28.3. The Balaban J connectivity index is 1.69. The van der Waals surface area contributed by atoms with Crippen molar-refractivity contribution in [3.05, 3.63) is 51.7 Å². The van der Waals surface area contributed by atoms with Crippen molar-refractivity contribution in [3.8, 4) is 23.0 Å². The average Bonchev–Trinajstić information content (AvgIpc) is 3.02. The molecule has 2 bridgehead atoms. The van der Waals surface area contributed by atoms with E-state index in [1.54, 1.807) is 13.1 Å². The van der Waals surface area contributed by atoms with Crippen LogP contribution >= 0.6 is 0 Å². The summed E-state index contributed by atoms with van der Waals surface area (Å²) in [6, 6.07) is 7.09. The monoisotopic (exact) mass is 341 g/mol. The molecule has 1 unspecified atom stereocenters. The molecule has 0 aliphatic carbocycles. The van der Waals surface area contributed by atoms with Crippen molar-refractivity contribution in [3.63, 3.8) is 0 Å². The number of hydrogen-bond donors (Lipinski definition) is 1. The lowest BCUT2D eigenvalue weighted by Gasteiger charge is -2.57. The molecule has 0 radical (unpaired) electrons. The molecule has 6 heteroatoms. The third kappa shape index (κ3) is 1.92. The van der Waals surface area contributed by atoms with Crippen LogP contribution in [0, 0.1) is 5.21 Å². The quantitative estimate of drug-likeness (QED) is 0.638. The number of rotatable bonds is 1. The van der Waals surface area contributed by atoms with E-state index in [1.807, 2.05) is 18.2 Å². The van der Waals surface area contributed by atoms with Gasteiger partial charge in [-0.3, -0.25) is 0 Å². The van der Waals surface area contributed by atoms with Crippen LogP contribution in [0.1, 0.15) is 34.3 Å². The number of methoxy groups -OCH3 is 1. The zero-order chi connectivity index (χ0) is 17.3. The summed E-state index contributed by atoms with van der Waals surface area (Å²) in [5.74, 6) is 1.99. The summed E-state index contributed by atoms with van der Waals surface area (Å²) in [6.45, 7) is 0.223. The van der Waals surface area contributed by atoms with E-state index in [2.05, 4.69) is 0 Å². The highest BCUT2D eigenvalue weighted by Gasteiger charge is 2.47. The van der Waals surface area contributed by atoms with Gasteiger partial charge >= 0.3 is 0 Å². The molecule has 25 heavy (non-hydrogen) atoms. The molecule has 0 aromatic heterocycles. The molecule has 130 valence electrons. The zero-order valence-corrected chi connectivity index (χ0v) is 14.1. The van der Waals surface area contributed by atoms with Gasteiger partial charge in [0, 0.05) is 24.0 Å². The number of phenolic OH excluding ortho intramolecular Hbond substituents is 1. The van der Waals surface area contributed by atoms with E-state index < -0.39 is 0 Å². The Kier molecular flexibility index (Phi) is 2.86. The van der Waals surface area contributed by atoms with E-state index in [0.29, 0.717) is 24.3 Å². The highest BCUT2D eigenvalue weighted by atomic mass is 16.7. The largest absolute Gasteiger partial charge is 0.632 e. The average molecular weight is 341 g/mol. The van der Waals surface area contributed by atoms with Crippen molar-refractivity contribution in [2.24, 2.45) is 0 Å². The van der Waals surface area contributed by atoms with Gasteiger partial charge in [0.15, 0.2) is 23.0 Å². The van der Waals surface area contributed by atoms with Gasteiger partial charge in [0.25, 0.3) is 0 Å². The summed E-state index contributed by atoms with van der Waals surface area (Å²) < 4.78 is 15.9. The Morgan fingerprint density at radius 2 is 1.64 bits per heavy atom. The van der Waals surface area contributed by atoms with E-state index in [9.17, 15) is 10.3 Å². The van der Waals surface area contributed by atoms with Gasteiger partial charge in [-0.05, 0) is 35.4 Å². The maximum absolute atomic E-state index is 13.5. The molecule has 6 nitrogen and oxygen atoms in total. The van der Waals surface area contributed by atoms with E-state index in [0.717, 1.165) is 28.0 Å². The molecule has 0 saturated heterocycles. The van der Waals surface area contributed by atoms with Crippen LogP contribution in [0.25, 0.3) is 0 Å². The number of nitrogens with zero attached hydrogens (tertiary/aromatic N) is 1. The number of fused-ring (bicyclic) bond motifs is 7. The van der Waals surface area contributed by atoms with Crippen LogP contribution in [-0.2, 0) is 12.8 Å². The minimum atomic E-state index is -0.354. The fourth-order valence-corrected chi connectivity index (χ4v) is 4.53. The van der Waals surface area contributed by atoms with Gasteiger partial charge in [0.2, 0.25) is 6.79 Å². The highest BCUT2D eigenvalue weighted by molar-refractivity contribution is 5.54. The molecular formula is C19H19NO5. The van der Waals surface area contributed by atoms with Gasteiger partial charge in [-0.25, -0.2) is 0 Å². The summed E-state index contributed by atoms with van der Waals surface area (Å²) in [5.41, 5.74) is 4.15. The van der Waals surface area contributed by atoms with Crippen molar-refractivity contribution in [1.29, 1.82) is 0 Å². The zero-order valence-electron chi connectivity index (χ0n) is 14.1. The number of aromatic hydroxyl groups is 1. The second kappa shape index (κ2) is 4.80. The molecule has 3 aliphatic rings. The minimum absolute atomic E-state index is 0.118. The standard InChI is InChI=1S/C19H19NO5/c1-20(22)14-3-10-5-16(21)17(23-2)7-12(10)15(20)4-11-6-18-19(8-13(11)14)25-9-24-18/h5-8,14-15,21H,3-4,9H2,1-2H3/t14-,15-,20?/m0/s1. The van der Waals surface area contributed by atoms with Gasteiger partial charge in [0.05, 0.1) is 14.2 Å². The van der Waals surface area contributed by atoms with Crippen LogP contribution in [0.15, 0.2) is 24.3 Å². The van der Waals surface area contributed by atoms with Gasteiger partial charge in [-0.15, -0.1) is 0 Å². The molecule has 3 aliphatic heterocycles. The number of quaternary nitrogens is 1. The summed E-state index contributed by atoms with van der Waals surface area (Å²) in [5, 5.41) is 23.7.